The molecular formula is C19H29Cl2N3O2. The average molecular weight is 402 g/mol. The largest absolute Gasteiger partial charge is 0.341 e. The van der Waals surface area contributed by atoms with Crippen molar-refractivity contribution in [3.63, 3.8) is 0 Å². The van der Waals surface area contributed by atoms with E-state index in [0.717, 1.165) is 0 Å². The lowest BCUT2D eigenvalue weighted by atomic mass is 10.1. The maximum absolute atomic E-state index is 12.6. The van der Waals surface area contributed by atoms with Gasteiger partial charge in [-0.3, -0.25) is 14.5 Å². The summed E-state index contributed by atoms with van der Waals surface area (Å²) in [6, 6.07) is 5.03. The fourth-order valence-electron chi connectivity index (χ4n) is 2.59. The van der Waals surface area contributed by atoms with Crippen LogP contribution in [0.15, 0.2) is 18.2 Å². The van der Waals surface area contributed by atoms with Crippen molar-refractivity contribution in [1.29, 1.82) is 0 Å². The molecule has 0 aliphatic heterocycles. The number of benzene rings is 1. The van der Waals surface area contributed by atoms with Gasteiger partial charge in [0.25, 0.3) is 0 Å². The molecule has 146 valence electrons. The minimum Gasteiger partial charge on any atom is -0.341 e. The predicted octanol–water partition coefficient (Wildman–Crippen LogP) is 4.00. The second-order valence-electron chi connectivity index (χ2n) is 7.40. The fourth-order valence-corrected chi connectivity index (χ4v) is 3.08. The van der Waals surface area contributed by atoms with Crippen LogP contribution in [0.4, 0.5) is 5.69 Å². The van der Waals surface area contributed by atoms with Crippen molar-refractivity contribution >= 4 is 40.7 Å². The number of carbonyl (C=O) groups excluding carboxylic acids is 2. The van der Waals surface area contributed by atoms with Gasteiger partial charge in [-0.05, 0) is 31.0 Å². The molecule has 0 fully saturated rings. The number of para-hydroxylation sites is 1. The average Bonchev–Trinajstić information content (AvgIpc) is 2.49. The van der Waals surface area contributed by atoms with Crippen LogP contribution in [0.5, 0.6) is 0 Å². The van der Waals surface area contributed by atoms with Crippen LogP contribution >= 0.6 is 23.2 Å². The van der Waals surface area contributed by atoms with Crippen LogP contribution in [-0.4, -0.2) is 54.8 Å². The van der Waals surface area contributed by atoms with E-state index in [1.165, 1.54) is 0 Å². The summed E-state index contributed by atoms with van der Waals surface area (Å²) in [7, 11) is 1.74. The minimum atomic E-state index is -0.269. The number of halogens is 2. The summed E-state index contributed by atoms with van der Waals surface area (Å²) in [5.41, 5.74) is 0.391. The van der Waals surface area contributed by atoms with E-state index in [4.69, 9.17) is 23.2 Å². The number of hydrogen-bond acceptors (Lipinski definition) is 3. The Morgan fingerprint density at radius 3 is 1.96 bits per heavy atom. The van der Waals surface area contributed by atoms with Gasteiger partial charge in [-0.1, -0.05) is 57.0 Å². The maximum Gasteiger partial charge on any atom is 0.238 e. The van der Waals surface area contributed by atoms with Crippen molar-refractivity contribution < 1.29 is 9.59 Å². The van der Waals surface area contributed by atoms with Gasteiger partial charge in [-0.15, -0.1) is 0 Å². The zero-order chi connectivity index (χ0) is 19.9. The Bertz CT molecular complexity index is 591. The SMILES string of the molecule is CC(C)CN(CC(C)C)C(=O)CN(C)CC(=O)Nc1c(Cl)cccc1Cl. The molecular weight excluding hydrogens is 373 g/mol. The van der Waals surface area contributed by atoms with E-state index in [9.17, 15) is 9.59 Å². The van der Waals surface area contributed by atoms with Gasteiger partial charge in [0.1, 0.15) is 0 Å². The number of hydrogen-bond donors (Lipinski definition) is 1. The number of nitrogens with zero attached hydrogens (tertiary/aromatic N) is 2. The maximum atomic E-state index is 12.6. The molecule has 0 aliphatic carbocycles. The molecule has 26 heavy (non-hydrogen) atoms. The van der Waals surface area contributed by atoms with Crippen molar-refractivity contribution in [2.75, 3.05) is 38.5 Å². The molecule has 0 aromatic heterocycles. The molecule has 0 spiro atoms. The van der Waals surface area contributed by atoms with E-state index in [1.54, 1.807) is 30.1 Å². The second-order valence-corrected chi connectivity index (χ2v) is 8.22. The summed E-state index contributed by atoms with van der Waals surface area (Å²) in [5, 5.41) is 3.47. The van der Waals surface area contributed by atoms with Gasteiger partial charge >= 0.3 is 0 Å². The van der Waals surface area contributed by atoms with E-state index < -0.39 is 0 Å². The van der Waals surface area contributed by atoms with Gasteiger partial charge in [0.05, 0.1) is 28.8 Å². The van der Waals surface area contributed by atoms with Crippen molar-refractivity contribution in [3.05, 3.63) is 28.2 Å². The Labute approximate surface area is 166 Å². The van der Waals surface area contributed by atoms with Crippen LogP contribution in [0.2, 0.25) is 10.0 Å². The number of carbonyl (C=O) groups is 2. The third kappa shape index (κ3) is 7.94. The second kappa shape index (κ2) is 10.8. The van der Waals surface area contributed by atoms with Crippen molar-refractivity contribution in [2.24, 2.45) is 11.8 Å². The van der Waals surface area contributed by atoms with Crippen LogP contribution in [0.3, 0.4) is 0 Å². The number of likely N-dealkylation sites (N-methyl/N-ethyl adjacent to an activating group) is 1. The number of rotatable bonds is 9. The lowest BCUT2D eigenvalue weighted by Crippen LogP contribution is -2.44. The van der Waals surface area contributed by atoms with Gasteiger partial charge in [0, 0.05) is 13.1 Å². The summed E-state index contributed by atoms with van der Waals surface area (Å²) in [5.74, 6) is 0.551. The Balaban J connectivity index is 2.61. The van der Waals surface area contributed by atoms with Gasteiger partial charge in [0.15, 0.2) is 0 Å². The molecule has 1 aromatic carbocycles. The zero-order valence-electron chi connectivity index (χ0n) is 16.2. The first-order valence-electron chi connectivity index (χ1n) is 8.80. The number of amides is 2. The standard InChI is InChI=1S/C19H29Cl2N3O2/c1-13(2)9-24(10-14(3)4)18(26)12-23(5)11-17(25)22-19-15(20)7-6-8-16(19)21/h6-8,13-14H,9-12H2,1-5H3,(H,22,25). The first kappa shape index (κ1) is 22.7. The van der Waals surface area contributed by atoms with Crippen LogP contribution < -0.4 is 5.32 Å². The molecule has 1 rings (SSSR count). The third-order valence-electron chi connectivity index (χ3n) is 3.57. The van der Waals surface area contributed by atoms with E-state index in [0.29, 0.717) is 40.7 Å². The molecule has 1 aromatic rings. The van der Waals surface area contributed by atoms with Crippen LogP contribution in [0.25, 0.3) is 0 Å². The summed E-state index contributed by atoms with van der Waals surface area (Å²) < 4.78 is 0. The molecule has 7 heteroatoms. The minimum absolute atomic E-state index is 0.0264. The molecule has 0 unspecified atom stereocenters. The monoisotopic (exact) mass is 401 g/mol. The smallest absolute Gasteiger partial charge is 0.238 e. The molecule has 0 aliphatic rings. The van der Waals surface area contributed by atoms with Crippen LogP contribution in [0, 0.1) is 11.8 Å². The summed E-state index contributed by atoms with van der Waals surface area (Å²) in [6.07, 6.45) is 0. The van der Waals surface area contributed by atoms with Gasteiger partial charge < -0.3 is 10.2 Å². The Morgan fingerprint density at radius 2 is 1.50 bits per heavy atom. The highest BCUT2D eigenvalue weighted by atomic mass is 35.5. The lowest BCUT2D eigenvalue weighted by Gasteiger charge is -2.28. The fraction of sp³-hybridized carbons (Fsp3) is 0.579. The predicted molar refractivity (Wildman–Crippen MR) is 109 cm³/mol. The Hall–Kier alpha value is -1.30. The molecule has 0 heterocycles. The first-order valence-corrected chi connectivity index (χ1v) is 9.55. The van der Waals surface area contributed by atoms with E-state index in [2.05, 4.69) is 33.0 Å². The van der Waals surface area contributed by atoms with Crippen LogP contribution in [0.1, 0.15) is 27.7 Å². The zero-order valence-corrected chi connectivity index (χ0v) is 17.7. The number of anilines is 1. The Morgan fingerprint density at radius 1 is 1.00 bits per heavy atom. The van der Waals surface area contributed by atoms with Crippen molar-refractivity contribution in [3.8, 4) is 0 Å². The molecule has 1 N–H and O–H groups in total. The summed E-state index contributed by atoms with van der Waals surface area (Å²) >= 11 is 12.1. The molecule has 0 saturated heterocycles. The van der Waals surface area contributed by atoms with Crippen molar-refractivity contribution in [2.45, 2.75) is 27.7 Å². The normalized spacial score (nSPS) is 11.3. The van der Waals surface area contributed by atoms with Gasteiger partial charge in [-0.25, -0.2) is 0 Å². The highest BCUT2D eigenvalue weighted by Crippen LogP contribution is 2.29. The van der Waals surface area contributed by atoms with Gasteiger partial charge in [-0.2, -0.15) is 0 Å². The molecule has 0 bridgehead atoms. The van der Waals surface area contributed by atoms with E-state index in [-0.39, 0.29) is 24.9 Å². The number of nitrogens with one attached hydrogen (secondary N) is 1. The molecule has 5 nitrogen and oxygen atoms in total. The highest BCUT2D eigenvalue weighted by molar-refractivity contribution is 6.39. The highest BCUT2D eigenvalue weighted by Gasteiger charge is 2.19. The van der Waals surface area contributed by atoms with Gasteiger partial charge in [0.2, 0.25) is 11.8 Å². The van der Waals surface area contributed by atoms with E-state index >= 15 is 0 Å². The molecule has 0 atom stereocenters. The topological polar surface area (TPSA) is 52.7 Å². The third-order valence-corrected chi connectivity index (χ3v) is 4.20. The summed E-state index contributed by atoms with van der Waals surface area (Å²) in [6.45, 7) is 10.0. The van der Waals surface area contributed by atoms with E-state index in [1.807, 2.05) is 4.90 Å². The quantitative estimate of drug-likeness (QED) is 0.679. The summed E-state index contributed by atoms with van der Waals surface area (Å²) in [4.78, 5) is 28.4. The first-order chi connectivity index (χ1) is 12.1. The molecule has 2 amide bonds. The molecule has 0 radical (unpaired) electrons. The van der Waals surface area contributed by atoms with Crippen LogP contribution in [-0.2, 0) is 9.59 Å². The van der Waals surface area contributed by atoms with Crippen molar-refractivity contribution in [1.82, 2.24) is 9.80 Å². The Kier molecular flexibility index (Phi) is 9.41. The lowest BCUT2D eigenvalue weighted by molar-refractivity contribution is -0.133. The molecule has 0 saturated carbocycles.